The molecule has 1 amide bonds. The van der Waals surface area contributed by atoms with Gasteiger partial charge in [-0.25, -0.2) is 4.98 Å². The summed E-state index contributed by atoms with van der Waals surface area (Å²) in [6, 6.07) is 26.3. The van der Waals surface area contributed by atoms with Gasteiger partial charge in [-0.05, 0) is 29.5 Å². The van der Waals surface area contributed by atoms with E-state index in [0.717, 1.165) is 16.0 Å². The number of thiophene rings is 1. The summed E-state index contributed by atoms with van der Waals surface area (Å²) < 4.78 is 1.47. The molecule has 0 radical (unpaired) electrons. The lowest BCUT2D eigenvalue weighted by molar-refractivity contribution is -0.116. The number of anilines is 1. The molecular formula is C26H21N5O2S. The first-order chi connectivity index (χ1) is 16.6. The minimum atomic E-state index is -0.527. The zero-order valence-corrected chi connectivity index (χ0v) is 19.1. The van der Waals surface area contributed by atoms with Crippen LogP contribution < -0.4 is 10.9 Å². The number of nitrogens with one attached hydrogen (secondary N) is 2. The number of nitrogens with zero attached hydrogens (tertiary/aromatic N) is 3. The zero-order chi connectivity index (χ0) is 23.5. The molecule has 0 saturated carbocycles. The van der Waals surface area contributed by atoms with E-state index < -0.39 is 5.92 Å². The molecule has 0 atom stereocenters. The molecule has 0 fully saturated rings. The summed E-state index contributed by atoms with van der Waals surface area (Å²) in [5, 5.41) is 9.63. The molecule has 0 saturated heterocycles. The Morgan fingerprint density at radius 1 is 0.971 bits per heavy atom. The maximum atomic E-state index is 13.7. The summed E-state index contributed by atoms with van der Waals surface area (Å²) in [4.78, 5) is 33.9. The minimum absolute atomic E-state index is 0.216. The molecule has 0 aliphatic carbocycles. The van der Waals surface area contributed by atoms with E-state index in [-0.39, 0.29) is 17.4 Å². The monoisotopic (exact) mass is 467 g/mol. The highest BCUT2D eigenvalue weighted by Crippen LogP contribution is 2.30. The van der Waals surface area contributed by atoms with Gasteiger partial charge in [0, 0.05) is 17.8 Å². The number of aromatic amines is 1. The molecule has 0 spiro atoms. The van der Waals surface area contributed by atoms with Crippen LogP contribution in [0, 0.1) is 6.92 Å². The van der Waals surface area contributed by atoms with Crippen molar-refractivity contribution in [1.29, 1.82) is 0 Å². The van der Waals surface area contributed by atoms with Crippen LogP contribution in [0.5, 0.6) is 0 Å². The molecule has 5 aromatic rings. The fraction of sp³-hybridized carbons (Fsp3) is 0.0769. The summed E-state index contributed by atoms with van der Waals surface area (Å²) in [6.45, 7) is 1.74. The Kier molecular flexibility index (Phi) is 5.88. The van der Waals surface area contributed by atoms with Crippen LogP contribution in [-0.4, -0.2) is 25.7 Å². The second kappa shape index (κ2) is 9.29. The number of carbonyl (C=O) groups is 1. The molecule has 0 aliphatic rings. The highest BCUT2D eigenvalue weighted by atomic mass is 32.1. The maximum absolute atomic E-state index is 13.7. The summed E-state index contributed by atoms with van der Waals surface area (Å²) in [5.41, 5.74) is 2.68. The quantitative estimate of drug-likeness (QED) is 0.376. The average molecular weight is 468 g/mol. The second-order valence-electron chi connectivity index (χ2n) is 7.76. The molecule has 34 heavy (non-hydrogen) atoms. The number of amides is 1. The van der Waals surface area contributed by atoms with Crippen molar-refractivity contribution in [3.63, 3.8) is 0 Å². The highest BCUT2D eigenvalue weighted by Gasteiger charge is 2.25. The molecule has 5 rings (SSSR count). The van der Waals surface area contributed by atoms with Gasteiger partial charge in [0.25, 0.3) is 5.56 Å². The van der Waals surface area contributed by atoms with Crippen molar-refractivity contribution in [2.75, 3.05) is 5.32 Å². The van der Waals surface area contributed by atoms with Gasteiger partial charge in [0.1, 0.15) is 11.5 Å². The van der Waals surface area contributed by atoms with Crippen molar-refractivity contribution in [3.05, 3.63) is 117 Å². The van der Waals surface area contributed by atoms with Crippen molar-refractivity contribution in [3.8, 4) is 16.5 Å². The summed E-state index contributed by atoms with van der Waals surface area (Å²) in [7, 11) is 0. The van der Waals surface area contributed by atoms with Crippen LogP contribution in [0.1, 0.15) is 22.7 Å². The third kappa shape index (κ3) is 4.44. The molecule has 7 nitrogen and oxygen atoms in total. The maximum Gasteiger partial charge on any atom is 0.252 e. The highest BCUT2D eigenvalue weighted by molar-refractivity contribution is 7.13. The van der Waals surface area contributed by atoms with Crippen molar-refractivity contribution in [1.82, 2.24) is 19.7 Å². The standard InChI is InChI=1S/C26H21N5O2S/c1-17-15-23(32)29-26(27-17)31-22(16-20(30-31)21-13-8-14-34-21)28-25(33)24(18-9-4-2-5-10-18)19-11-6-3-7-12-19/h2-16,24H,1H3,(H,28,33)(H,27,29,32). The molecule has 2 N–H and O–H groups in total. The van der Waals surface area contributed by atoms with Gasteiger partial charge in [-0.3, -0.25) is 14.6 Å². The predicted octanol–water partition coefficient (Wildman–Crippen LogP) is 4.76. The van der Waals surface area contributed by atoms with Gasteiger partial charge in [0.05, 0.1) is 10.8 Å². The number of H-pyrrole nitrogens is 1. The first-order valence-electron chi connectivity index (χ1n) is 10.7. The van der Waals surface area contributed by atoms with Crippen molar-refractivity contribution < 1.29 is 4.79 Å². The first kappa shape index (κ1) is 21.5. The number of hydrogen-bond donors (Lipinski definition) is 2. The molecule has 3 aromatic heterocycles. The third-order valence-corrected chi connectivity index (χ3v) is 6.21. The van der Waals surface area contributed by atoms with Crippen LogP contribution in [0.15, 0.2) is 95.1 Å². The van der Waals surface area contributed by atoms with Crippen molar-refractivity contribution in [2.45, 2.75) is 12.8 Å². The number of rotatable bonds is 6. The molecule has 0 aliphatic heterocycles. The van der Waals surface area contributed by atoms with Crippen molar-refractivity contribution in [2.24, 2.45) is 0 Å². The first-order valence-corrected chi connectivity index (χ1v) is 11.6. The number of benzene rings is 2. The van der Waals surface area contributed by atoms with Crippen LogP contribution in [0.4, 0.5) is 5.82 Å². The summed E-state index contributed by atoms with van der Waals surface area (Å²) >= 11 is 1.54. The Hall–Kier alpha value is -4.30. The van der Waals surface area contributed by atoms with E-state index in [1.807, 2.05) is 78.2 Å². The second-order valence-corrected chi connectivity index (χ2v) is 8.71. The lowest BCUT2D eigenvalue weighted by Crippen LogP contribution is -2.24. The Morgan fingerprint density at radius 2 is 1.65 bits per heavy atom. The lowest BCUT2D eigenvalue weighted by Gasteiger charge is -2.18. The fourth-order valence-corrected chi connectivity index (χ4v) is 4.51. The van der Waals surface area contributed by atoms with E-state index in [1.165, 1.54) is 22.1 Å². The van der Waals surface area contributed by atoms with Gasteiger partial charge in [-0.15, -0.1) is 11.3 Å². The molecule has 2 aromatic carbocycles. The number of hydrogen-bond acceptors (Lipinski definition) is 5. The fourth-order valence-electron chi connectivity index (χ4n) is 3.82. The largest absolute Gasteiger partial charge is 0.310 e. The van der Waals surface area contributed by atoms with Gasteiger partial charge in [-0.1, -0.05) is 66.7 Å². The molecule has 0 bridgehead atoms. The average Bonchev–Trinajstić information content (AvgIpc) is 3.50. The number of carbonyl (C=O) groups excluding carboxylic acids is 1. The van der Waals surface area contributed by atoms with E-state index in [9.17, 15) is 9.59 Å². The van der Waals surface area contributed by atoms with Crippen LogP contribution in [-0.2, 0) is 4.79 Å². The van der Waals surface area contributed by atoms with Crippen LogP contribution in [0.3, 0.4) is 0 Å². The topological polar surface area (TPSA) is 92.7 Å². The van der Waals surface area contributed by atoms with Crippen LogP contribution >= 0.6 is 11.3 Å². The van der Waals surface area contributed by atoms with Gasteiger partial charge in [0.15, 0.2) is 0 Å². The third-order valence-electron chi connectivity index (χ3n) is 5.32. The van der Waals surface area contributed by atoms with E-state index >= 15 is 0 Å². The van der Waals surface area contributed by atoms with Gasteiger partial charge in [0.2, 0.25) is 11.9 Å². The van der Waals surface area contributed by atoms with Gasteiger partial charge >= 0.3 is 0 Å². The van der Waals surface area contributed by atoms with Crippen LogP contribution in [0.25, 0.3) is 16.5 Å². The Balaban J connectivity index is 1.58. The van der Waals surface area contributed by atoms with E-state index in [2.05, 4.69) is 20.4 Å². The van der Waals surface area contributed by atoms with Gasteiger partial charge in [-0.2, -0.15) is 9.78 Å². The Labute approximate surface area is 199 Å². The number of aromatic nitrogens is 4. The normalized spacial score (nSPS) is 11.0. The minimum Gasteiger partial charge on any atom is -0.310 e. The molecule has 8 heteroatoms. The Bertz CT molecular complexity index is 1440. The van der Waals surface area contributed by atoms with E-state index in [4.69, 9.17) is 0 Å². The zero-order valence-electron chi connectivity index (χ0n) is 18.3. The lowest BCUT2D eigenvalue weighted by atomic mass is 9.90. The van der Waals surface area contributed by atoms with Crippen molar-refractivity contribution >= 4 is 23.1 Å². The van der Waals surface area contributed by atoms with E-state index in [1.54, 1.807) is 13.0 Å². The Morgan fingerprint density at radius 3 is 2.24 bits per heavy atom. The molecular weight excluding hydrogens is 446 g/mol. The predicted molar refractivity (Wildman–Crippen MR) is 133 cm³/mol. The van der Waals surface area contributed by atoms with E-state index in [0.29, 0.717) is 17.2 Å². The molecule has 3 heterocycles. The number of aryl methyl sites for hydroxylation is 1. The summed E-state index contributed by atoms with van der Waals surface area (Å²) in [6.07, 6.45) is 0. The van der Waals surface area contributed by atoms with Crippen LogP contribution in [0.2, 0.25) is 0 Å². The van der Waals surface area contributed by atoms with Gasteiger partial charge < -0.3 is 5.32 Å². The molecule has 0 unspecified atom stereocenters. The summed E-state index contributed by atoms with van der Waals surface area (Å²) in [5.74, 6) is -0.0928. The molecule has 168 valence electrons. The SMILES string of the molecule is Cc1cc(=O)[nH]c(-n2nc(-c3cccs3)cc2NC(=O)C(c2ccccc2)c2ccccc2)n1. The smallest absolute Gasteiger partial charge is 0.252 e.